The van der Waals surface area contributed by atoms with E-state index in [0.717, 1.165) is 31.2 Å². The molecule has 2 aliphatic heterocycles. The summed E-state index contributed by atoms with van der Waals surface area (Å²) in [4.78, 5) is 55.7. The van der Waals surface area contributed by atoms with E-state index in [9.17, 15) is 29.5 Å². The maximum absolute atomic E-state index is 14.1. The minimum absolute atomic E-state index is 0.0140. The Morgan fingerprint density at radius 1 is 1.23 bits per heavy atom. The van der Waals surface area contributed by atoms with E-state index in [1.165, 1.54) is 9.80 Å². The molecule has 208 valence electrons. The standard InChI is InChI=1S/C28H35N5O6/c1-32(25(36)21(10-17-6-7-17)31-24(35)15-34)22(11-18-8-9-18)26(37)33-16-28(12-20(33)13-29)27(38)30-14-19-4-2-3-5-23(19)39-28/h2-5,17-18,20-22,34H,6-12,14-16H2,1H3,(H,30,38)(H,31,35)/t20-,21-,22-,28+/m0/s1. The van der Waals surface area contributed by atoms with Gasteiger partial charge in [0.25, 0.3) is 5.91 Å². The lowest BCUT2D eigenvalue weighted by Crippen LogP contribution is -2.57. The van der Waals surface area contributed by atoms with E-state index in [1.54, 1.807) is 13.1 Å². The van der Waals surface area contributed by atoms with Crippen LogP contribution in [0, 0.1) is 23.2 Å². The second kappa shape index (κ2) is 10.8. The molecule has 4 aliphatic rings. The lowest BCUT2D eigenvalue weighted by atomic mass is 9.99. The molecule has 0 aromatic heterocycles. The summed E-state index contributed by atoms with van der Waals surface area (Å²) in [6.07, 6.45) is 4.73. The minimum Gasteiger partial charge on any atom is -0.475 e. The van der Waals surface area contributed by atoms with Gasteiger partial charge in [0.1, 0.15) is 30.5 Å². The van der Waals surface area contributed by atoms with Gasteiger partial charge in [-0.3, -0.25) is 19.2 Å². The van der Waals surface area contributed by atoms with E-state index in [0.29, 0.717) is 24.5 Å². The molecule has 1 saturated heterocycles. The molecule has 11 nitrogen and oxygen atoms in total. The van der Waals surface area contributed by atoms with Crippen molar-refractivity contribution in [3.05, 3.63) is 29.8 Å². The number of para-hydroxylation sites is 1. The summed E-state index contributed by atoms with van der Waals surface area (Å²) >= 11 is 0. The summed E-state index contributed by atoms with van der Waals surface area (Å²) in [6, 6.07) is 6.84. The Morgan fingerprint density at radius 2 is 1.92 bits per heavy atom. The number of carbonyl (C=O) groups excluding carboxylic acids is 4. The fraction of sp³-hybridized carbons (Fsp3) is 0.607. The van der Waals surface area contributed by atoms with Crippen LogP contribution in [0.2, 0.25) is 0 Å². The Bertz CT molecular complexity index is 1190. The number of nitrogens with zero attached hydrogens (tertiary/aromatic N) is 3. The van der Waals surface area contributed by atoms with Crippen LogP contribution in [0.5, 0.6) is 5.75 Å². The molecule has 39 heavy (non-hydrogen) atoms. The number of nitriles is 1. The molecule has 2 heterocycles. The van der Waals surface area contributed by atoms with Gasteiger partial charge >= 0.3 is 0 Å². The molecule has 0 radical (unpaired) electrons. The number of aliphatic hydroxyl groups excluding tert-OH is 1. The van der Waals surface area contributed by atoms with Crippen molar-refractivity contribution in [1.82, 2.24) is 20.4 Å². The van der Waals surface area contributed by atoms with Crippen molar-refractivity contribution in [3.63, 3.8) is 0 Å². The molecular formula is C28H35N5O6. The van der Waals surface area contributed by atoms with Crippen LogP contribution in [-0.4, -0.2) is 82.5 Å². The van der Waals surface area contributed by atoms with E-state index >= 15 is 0 Å². The highest BCUT2D eigenvalue weighted by atomic mass is 16.5. The van der Waals surface area contributed by atoms with Crippen LogP contribution >= 0.6 is 0 Å². The molecule has 1 aromatic carbocycles. The average molecular weight is 538 g/mol. The number of likely N-dealkylation sites (N-methyl/N-ethyl adjacent to an activating group) is 1. The minimum atomic E-state index is -1.42. The molecular weight excluding hydrogens is 502 g/mol. The van der Waals surface area contributed by atoms with Crippen LogP contribution in [0.15, 0.2) is 24.3 Å². The van der Waals surface area contributed by atoms with Crippen molar-refractivity contribution in [1.29, 1.82) is 5.26 Å². The molecule has 11 heteroatoms. The number of carbonyl (C=O) groups is 4. The predicted octanol–water partition coefficient (Wildman–Crippen LogP) is 0.463. The zero-order chi connectivity index (χ0) is 27.7. The Kier molecular flexibility index (Phi) is 7.49. The summed E-state index contributed by atoms with van der Waals surface area (Å²) in [7, 11) is 1.55. The second-order valence-electron chi connectivity index (χ2n) is 11.3. The van der Waals surface area contributed by atoms with Crippen molar-refractivity contribution in [2.45, 2.75) is 75.2 Å². The number of hydrogen-bond acceptors (Lipinski definition) is 7. The van der Waals surface area contributed by atoms with Crippen LogP contribution < -0.4 is 15.4 Å². The summed E-state index contributed by atoms with van der Waals surface area (Å²) in [5.74, 6) is -0.699. The van der Waals surface area contributed by atoms with Crippen LogP contribution in [0.1, 0.15) is 50.5 Å². The van der Waals surface area contributed by atoms with Crippen molar-refractivity contribution in [3.8, 4) is 11.8 Å². The summed E-state index contributed by atoms with van der Waals surface area (Å²) in [5, 5.41) is 24.7. The first kappa shape index (κ1) is 26.9. The van der Waals surface area contributed by atoms with Gasteiger partial charge in [-0.05, 0) is 30.7 Å². The van der Waals surface area contributed by atoms with Gasteiger partial charge in [-0.2, -0.15) is 5.26 Å². The van der Waals surface area contributed by atoms with Gasteiger partial charge in [0, 0.05) is 25.6 Å². The summed E-state index contributed by atoms with van der Waals surface area (Å²) in [6.45, 7) is -0.556. The van der Waals surface area contributed by atoms with Crippen LogP contribution in [0.4, 0.5) is 0 Å². The molecule has 2 saturated carbocycles. The van der Waals surface area contributed by atoms with E-state index in [2.05, 4.69) is 16.7 Å². The first-order valence-electron chi connectivity index (χ1n) is 13.7. The molecule has 0 unspecified atom stereocenters. The van der Waals surface area contributed by atoms with Crippen LogP contribution in [0.3, 0.4) is 0 Å². The molecule has 4 amide bonds. The lowest BCUT2D eigenvalue weighted by Gasteiger charge is -2.34. The Balaban J connectivity index is 1.39. The van der Waals surface area contributed by atoms with E-state index < -0.39 is 48.1 Å². The van der Waals surface area contributed by atoms with Gasteiger partial charge in [-0.15, -0.1) is 0 Å². The molecule has 0 bridgehead atoms. The quantitative estimate of drug-likeness (QED) is 0.414. The van der Waals surface area contributed by atoms with Gasteiger partial charge in [0.05, 0.1) is 12.6 Å². The number of aliphatic hydroxyl groups is 1. The van der Waals surface area contributed by atoms with E-state index in [1.807, 2.05) is 18.2 Å². The van der Waals surface area contributed by atoms with E-state index in [-0.39, 0.29) is 31.3 Å². The van der Waals surface area contributed by atoms with Crippen molar-refractivity contribution < 1.29 is 29.0 Å². The highest BCUT2D eigenvalue weighted by Crippen LogP contribution is 2.39. The maximum atomic E-state index is 14.1. The number of amides is 4. The fourth-order valence-corrected chi connectivity index (χ4v) is 5.63. The van der Waals surface area contributed by atoms with Crippen LogP contribution in [-0.2, 0) is 25.7 Å². The molecule has 3 fully saturated rings. The maximum Gasteiger partial charge on any atom is 0.266 e. The molecule has 5 rings (SSSR count). The Hall–Kier alpha value is -3.65. The fourth-order valence-electron chi connectivity index (χ4n) is 5.63. The number of rotatable bonds is 9. The van der Waals surface area contributed by atoms with Gasteiger partial charge < -0.3 is 30.3 Å². The predicted molar refractivity (Wildman–Crippen MR) is 138 cm³/mol. The first-order chi connectivity index (χ1) is 18.7. The molecule has 3 N–H and O–H groups in total. The highest BCUT2D eigenvalue weighted by molar-refractivity contribution is 5.94. The average Bonchev–Trinajstić information content (AvgIpc) is 3.88. The molecule has 2 aliphatic carbocycles. The van der Waals surface area contributed by atoms with Crippen molar-refractivity contribution >= 4 is 23.6 Å². The van der Waals surface area contributed by atoms with Gasteiger partial charge in [0.2, 0.25) is 23.3 Å². The second-order valence-corrected chi connectivity index (χ2v) is 11.3. The number of hydrogen-bond donors (Lipinski definition) is 3. The molecule has 4 atom stereocenters. The Morgan fingerprint density at radius 3 is 2.59 bits per heavy atom. The number of fused-ring (bicyclic) bond motifs is 1. The zero-order valence-corrected chi connectivity index (χ0v) is 22.1. The Labute approximate surface area is 227 Å². The lowest BCUT2D eigenvalue weighted by molar-refractivity contribution is -0.148. The van der Waals surface area contributed by atoms with E-state index in [4.69, 9.17) is 4.74 Å². The molecule has 1 spiro atoms. The van der Waals surface area contributed by atoms with Crippen molar-refractivity contribution in [2.75, 3.05) is 20.2 Å². The van der Waals surface area contributed by atoms with Gasteiger partial charge in [-0.25, -0.2) is 0 Å². The topological polar surface area (TPSA) is 152 Å². The van der Waals surface area contributed by atoms with Crippen LogP contribution in [0.25, 0.3) is 0 Å². The number of benzene rings is 1. The summed E-state index contributed by atoms with van der Waals surface area (Å²) in [5.41, 5.74) is -0.608. The number of likely N-dealkylation sites (tertiary alicyclic amines) is 1. The number of ether oxygens (including phenoxy) is 1. The van der Waals surface area contributed by atoms with Crippen molar-refractivity contribution in [2.24, 2.45) is 11.8 Å². The third kappa shape index (κ3) is 5.71. The largest absolute Gasteiger partial charge is 0.475 e. The third-order valence-electron chi connectivity index (χ3n) is 8.28. The summed E-state index contributed by atoms with van der Waals surface area (Å²) < 4.78 is 6.25. The normalized spacial score (nSPS) is 25.4. The van der Waals surface area contributed by atoms with Gasteiger partial charge in [0.15, 0.2) is 0 Å². The zero-order valence-electron chi connectivity index (χ0n) is 22.1. The highest BCUT2D eigenvalue weighted by Gasteiger charge is 2.55. The SMILES string of the molecule is CN(C(=O)[C@H](CC1CC1)NC(=O)CO)[C@@H](CC1CC1)C(=O)N1C[C@@]2(C[C@H]1C#N)Oc1ccccc1CNC2=O. The monoisotopic (exact) mass is 537 g/mol. The number of nitrogens with one attached hydrogen (secondary N) is 2. The third-order valence-corrected chi connectivity index (χ3v) is 8.28. The first-order valence-corrected chi connectivity index (χ1v) is 13.7. The molecule has 1 aromatic rings. The smallest absolute Gasteiger partial charge is 0.266 e. The van der Waals surface area contributed by atoms with Gasteiger partial charge in [-0.1, -0.05) is 43.9 Å².